The van der Waals surface area contributed by atoms with Gasteiger partial charge in [0.25, 0.3) is 0 Å². The van der Waals surface area contributed by atoms with E-state index < -0.39 is 6.04 Å². The van der Waals surface area contributed by atoms with Crippen molar-refractivity contribution in [3.8, 4) is 0 Å². The molecule has 0 spiro atoms. The highest BCUT2D eigenvalue weighted by molar-refractivity contribution is 6.47. The summed E-state index contributed by atoms with van der Waals surface area (Å²) in [7, 11) is 0. The molecule has 0 saturated carbocycles. The fraction of sp³-hybridized carbons (Fsp3) is 0.0152. The second-order valence-electron chi connectivity index (χ2n) is 19.5. The highest BCUT2D eigenvalue weighted by Gasteiger charge is 2.33. The molecule has 5 aliphatic rings. The number of H-pyrrole nitrogens is 2. The van der Waals surface area contributed by atoms with Gasteiger partial charge in [-0.2, -0.15) is 0 Å². The van der Waals surface area contributed by atoms with Crippen LogP contribution in [0, 0.1) is 0 Å². The number of hydrogen-bond acceptors (Lipinski definition) is 4. The van der Waals surface area contributed by atoms with Gasteiger partial charge in [-0.1, -0.05) is 182 Å². The van der Waals surface area contributed by atoms with Crippen LogP contribution in [0.5, 0.6) is 0 Å². The number of fused-ring (bicyclic) bond motifs is 9. The zero-order valence-electron chi connectivity index (χ0n) is 42.8. The van der Waals surface area contributed by atoms with E-state index in [-0.39, 0.29) is 0 Å². The van der Waals surface area contributed by atoms with Gasteiger partial charge in [0.1, 0.15) is 0 Å². The Balaban J connectivity index is 1.18. The van der Waals surface area contributed by atoms with Crippen LogP contribution in [0.1, 0.15) is 44.8 Å². The number of nitrogens with zero attached hydrogens (tertiary/aromatic N) is 3. The monoisotopic (exact) mass is 1330 g/mol. The van der Waals surface area contributed by atoms with Crippen molar-refractivity contribution in [2.24, 2.45) is 15.0 Å². The number of aliphatic imine (C=N–C) groups is 3. The van der Waals surface area contributed by atoms with Crippen LogP contribution in [0.15, 0.2) is 220 Å². The summed E-state index contributed by atoms with van der Waals surface area (Å²) >= 11 is 86.3. The minimum Gasteiger partial charge on any atom is -0.374 e. The molecule has 412 valence electrons. The standard InChI is InChI=1S/C66H34Cl12N6/c67-31-7-1-8-32(68)55(31)61-43-19-21-45(79-43)62(56-33(69)9-2-10-34(56)70)47-23-25-49(81-47)64(58-37(73)13-4-14-38(58)74)51-27-29-53(83-51)66(60-41(77)17-6-18-42(60)78)54-30-28-52(84-54)65(59-39(75)15-5-16-40(59)76)50-26-24-48(82-50)63(46-22-20-44(61)80-46)57-35(71)11-3-12-36(57)72/h1-30,43,79,81-82H/b61-44+,62-45+,63-48-,64-51+,65-50-,66-54+. The van der Waals surface area contributed by atoms with E-state index in [1.165, 1.54) is 0 Å². The van der Waals surface area contributed by atoms with Gasteiger partial charge in [0.05, 0.1) is 90.5 Å². The van der Waals surface area contributed by atoms with E-state index in [0.717, 1.165) is 0 Å². The molecule has 6 aromatic carbocycles. The van der Waals surface area contributed by atoms with Crippen molar-refractivity contribution in [1.29, 1.82) is 0 Å². The summed E-state index contributed by atoms with van der Waals surface area (Å²) in [5.74, 6) is 0. The van der Waals surface area contributed by atoms with Gasteiger partial charge in [-0.15, -0.1) is 0 Å². The molecule has 5 aliphatic heterocycles. The van der Waals surface area contributed by atoms with Crippen molar-refractivity contribution < 1.29 is 0 Å². The zero-order chi connectivity index (χ0) is 58.2. The Labute approximate surface area is 541 Å². The van der Waals surface area contributed by atoms with E-state index in [1.807, 2.05) is 72.9 Å². The average Bonchev–Trinajstić information content (AvgIpc) is 2.64. The van der Waals surface area contributed by atoms with Crippen molar-refractivity contribution >= 4 is 190 Å². The topological polar surface area (TPSA) is 80.7 Å². The lowest BCUT2D eigenvalue weighted by Gasteiger charge is -2.21. The number of halogens is 12. The number of hydrogen-bond donors (Lipinski definition) is 3. The normalized spacial score (nSPS) is 21.3. The summed E-state index contributed by atoms with van der Waals surface area (Å²) in [5, 5.41) is 9.54. The van der Waals surface area contributed by atoms with Gasteiger partial charge in [0.15, 0.2) is 0 Å². The fourth-order valence-corrected chi connectivity index (χ4v) is 14.5. The number of aromatic nitrogens is 2. The summed E-state index contributed by atoms with van der Waals surface area (Å²) in [6.07, 6.45) is 15.3. The molecule has 13 rings (SSSR count). The van der Waals surface area contributed by atoms with Gasteiger partial charge in [0.2, 0.25) is 0 Å². The lowest BCUT2D eigenvalue weighted by Crippen LogP contribution is -2.25. The molecular weight excluding hydrogens is 1300 g/mol. The predicted octanol–water partition coefficient (Wildman–Crippen LogP) is 20.2. The quantitative estimate of drug-likeness (QED) is 0.152. The van der Waals surface area contributed by atoms with Crippen molar-refractivity contribution in [2.45, 2.75) is 6.04 Å². The SMILES string of the molecule is Clc1cccc(Cl)c1/C1=C2\C=CC(=N2)/C(c2c(Cl)cccc2Cl)=c2\cc/c([nH]2)=C(/c2c(Cl)cccc2Cl)C2=N/C(=C(/c3c(Cl)cccc3Cl)C3C=C/C(=C(\c4c(Cl)cccc4Cl)c4ccc([nH]4)/C(c4c(Cl)cccc4Cl)=C4/C=CC1=N4)N3)C=C2. The third kappa shape index (κ3) is 10.2. The second kappa shape index (κ2) is 23.3. The van der Waals surface area contributed by atoms with E-state index in [9.17, 15) is 0 Å². The molecule has 12 bridgehead atoms. The van der Waals surface area contributed by atoms with Crippen LogP contribution in [-0.2, 0) is 0 Å². The summed E-state index contributed by atoms with van der Waals surface area (Å²) in [6, 6.07) is 39.2. The Morgan fingerprint density at radius 1 is 0.286 bits per heavy atom. The Hall–Kier alpha value is -6.17. The molecule has 0 saturated heterocycles. The minimum absolute atomic E-state index is 0.361. The van der Waals surface area contributed by atoms with Crippen LogP contribution in [0.4, 0.5) is 0 Å². The van der Waals surface area contributed by atoms with Gasteiger partial charge < -0.3 is 15.3 Å². The Morgan fingerprint density at radius 3 is 1.04 bits per heavy atom. The number of rotatable bonds is 6. The van der Waals surface area contributed by atoms with Gasteiger partial charge in [-0.05, 0) is 140 Å². The molecule has 2 aromatic heterocycles. The molecule has 0 amide bonds. The van der Waals surface area contributed by atoms with Crippen molar-refractivity contribution in [1.82, 2.24) is 15.3 Å². The Kier molecular flexibility index (Phi) is 15.8. The van der Waals surface area contributed by atoms with Crippen molar-refractivity contribution in [3.05, 3.63) is 321 Å². The van der Waals surface area contributed by atoms with Crippen LogP contribution in [0.25, 0.3) is 33.4 Å². The minimum atomic E-state index is -0.603. The molecule has 84 heavy (non-hydrogen) atoms. The maximum atomic E-state index is 7.20. The van der Waals surface area contributed by atoms with E-state index in [1.54, 1.807) is 109 Å². The molecule has 8 aromatic rings. The van der Waals surface area contributed by atoms with Crippen LogP contribution >= 0.6 is 139 Å². The molecule has 6 nitrogen and oxygen atoms in total. The smallest absolute Gasteiger partial charge is 0.0739 e. The van der Waals surface area contributed by atoms with Gasteiger partial charge >= 0.3 is 0 Å². The van der Waals surface area contributed by atoms with E-state index in [2.05, 4.69) is 15.3 Å². The highest BCUT2D eigenvalue weighted by Crippen LogP contribution is 2.46. The molecule has 0 fully saturated rings. The summed E-state index contributed by atoms with van der Waals surface area (Å²) in [4.78, 5) is 23.6. The number of allylic oxidation sites excluding steroid dienone is 8. The summed E-state index contributed by atoms with van der Waals surface area (Å²) in [6.45, 7) is 0. The molecule has 1 unspecified atom stereocenters. The van der Waals surface area contributed by atoms with Crippen LogP contribution in [0.3, 0.4) is 0 Å². The van der Waals surface area contributed by atoms with E-state index in [0.29, 0.717) is 189 Å². The predicted molar refractivity (Wildman–Crippen MR) is 356 cm³/mol. The number of aromatic amines is 2. The largest absolute Gasteiger partial charge is 0.374 e. The Morgan fingerprint density at radius 2 is 0.607 bits per heavy atom. The van der Waals surface area contributed by atoms with Gasteiger partial charge in [-0.3, -0.25) is 0 Å². The summed E-state index contributed by atoms with van der Waals surface area (Å²) in [5.41, 5.74) is 11.5. The van der Waals surface area contributed by atoms with Gasteiger partial charge in [0, 0.05) is 105 Å². The molecule has 3 N–H and O–H groups in total. The van der Waals surface area contributed by atoms with Crippen LogP contribution in [-0.4, -0.2) is 33.1 Å². The number of benzene rings is 6. The molecular formula is C66H34Cl12N6. The third-order valence-electron chi connectivity index (χ3n) is 14.6. The maximum Gasteiger partial charge on any atom is 0.0739 e. The molecule has 7 heterocycles. The van der Waals surface area contributed by atoms with E-state index in [4.69, 9.17) is 154 Å². The second-order valence-corrected chi connectivity index (χ2v) is 24.4. The third-order valence-corrected chi connectivity index (χ3v) is 18.3. The number of nitrogens with one attached hydrogen (secondary N) is 3. The Bertz CT molecular complexity index is 4610. The van der Waals surface area contributed by atoms with Crippen LogP contribution < -0.4 is 16.0 Å². The molecule has 1 atom stereocenters. The first-order valence-electron chi connectivity index (χ1n) is 25.7. The first-order chi connectivity index (χ1) is 40.6. The highest BCUT2D eigenvalue weighted by atomic mass is 35.5. The maximum absolute atomic E-state index is 7.20. The van der Waals surface area contributed by atoms with Crippen molar-refractivity contribution in [2.75, 3.05) is 0 Å². The first kappa shape index (κ1) is 56.9. The average molecular weight is 1340 g/mol. The van der Waals surface area contributed by atoms with Crippen LogP contribution in [0.2, 0.25) is 60.3 Å². The van der Waals surface area contributed by atoms with Gasteiger partial charge in [-0.25, -0.2) is 15.0 Å². The van der Waals surface area contributed by atoms with E-state index >= 15 is 0 Å². The lowest BCUT2D eigenvalue weighted by molar-refractivity contribution is 0.857. The molecule has 0 radical (unpaired) electrons. The fourth-order valence-electron chi connectivity index (χ4n) is 11.0. The lowest BCUT2D eigenvalue weighted by atomic mass is 9.96. The first-order valence-corrected chi connectivity index (χ1v) is 30.2. The zero-order valence-corrected chi connectivity index (χ0v) is 51.8. The molecule has 18 heteroatoms. The molecule has 0 aliphatic carbocycles. The summed E-state index contributed by atoms with van der Waals surface area (Å²) < 4.78 is 0. The van der Waals surface area contributed by atoms with Crippen molar-refractivity contribution in [3.63, 3.8) is 0 Å².